The monoisotopic (exact) mass is 646 g/mol. The lowest BCUT2D eigenvalue weighted by Crippen LogP contribution is -2.38. The summed E-state index contributed by atoms with van der Waals surface area (Å²) in [5.74, 6) is 0.121. The number of fused-ring (bicyclic) bond motifs is 2. The zero-order valence-corrected chi connectivity index (χ0v) is 25.9. The molecule has 232 valence electrons. The van der Waals surface area contributed by atoms with Crippen LogP contribution in [-0.4, -0.2) is 60.9 Å². The molecule has 10 nitrogen and oxygen atoms in total. The molecule has 2 N–H and O–H groups in total. The Morgan fingerprint density at radius 3 is 2.67 bits per heavy atom. The van der Waals surface area contributed by atoms with Crippen LogP contribution >= 0.6 is 11.6 Å². The number of carbonyl (C=O) groups is 1. The van der Waals surface area contributed by atoms with Gasteiger partial charge >= 0.3 is 0 Å². The third kappa shape index (κ3) is 5.57. The fraction of sp³-hybridized carbons (Fsp3) is 0.364. The number of likely N-dealkylation sites (tertiary alicyclic amines) is 1. The number of ether oxygens (including phenoxy) is 1. The van der Waals surface area contributed by atoms with Gasteiger partial charge in [0.05, 0.1) is 28.4 Å². The van der Waals surface area contributed by atoms with Crippen molar-refractivity contribution in [3.05, 3.63) is 70.2 Å². The van der Waals surface area contributed by atoms with Crippen molar-refractivity contribution < 1.29 is 27.5 Å². The molecule has 1 aliphatic heterocycles. The number of amides is 1. The van der Waals surface area contributed by atoms with Crippen LogP contribution in [0.2, 0.25) is 5.02 Å². The number of nitrogens with zero attached hydrogens (tertiary/aromatic N) is 3. The fourth-order valence-electron chi connectivity index (χ4n) is 6.52. The summed E-state index contributed by atoms with van der Waals surface area (Å²) in [5, 5.41) is 19.2. The van der Waals surface area contributed by atoms with Crippen LogP contribution in [0.5, 0.6) is 5.75 Å². The first-order chi connectivity index (χ1) is 21.8. The van der Waals surface area contributed by atoms with Crippen LogP contribution in [0, 0.1) is 17.2 Å². The molecule has 7 rings (SSSR count). The molecule has 4 aromatic rings. The van der Waals surface area contributed by atoms with E-state index in [4.69, 9.17) is 30.8 Å². The number of carbonyl (C=O) groups excluding carboxylic acids is 1. The van der Waals surface area contributed by atoms with Gasteiger partial charge in [-0.25, -0.2) is 13.4 Å². The zero-order chi connectivity index (χ0) is 31.3. The van der Waals surface area contributed by atoms with Gasteiger partial charge in [0.2, 0.25) is 21.8 Å². The molecule has 0 radical (unpaired) electrons. The van der Waals surface area contributed by atoms with Gasteiger partial charge in [0.1, 0.15) is 29.5 Å². The quantitative estimate of drug-likeness (QED) is 0.257. The molecule has 2 fully saturated rings. The Labute approximate surface area is 265 Å². The number of hydrogen-bond donors (Lipinski definition) is 2. The lowest BCUT2D eigenvalue weighted by atomic mass is 10.0. The molecule has 3 aliphatic rings. The van der Waals surface area contributed by atoms with Crippen molar-refractivity contribution in [3.8, 4) is 34.4 Å². The highest BCUT2D eigenvalue weighted by molar-refractivity contribution is 7.90. The van der Waals surface area contributed by atoms with Crippen molar-refractivity contribution in [1.29, 1.82) is 5.26 Å². The minimum Gasteiger partial charge on any atom is -0.491 e. The van der Waals surface area contributed by atoms with Crippen LogP contribution in [0.15, 0.2) is 52.9 Å². The molecular formula is C33H31ClN4O6S. The zero-order valence-electron chi connectivity index (χ0n) is 24.3. The van der Waals surface area contributed by atoms with Gasteiger partial charge < -0.3 is 14.3 Å². The second-order valence-electron chi connectivity index (χ2n) is 11.8. The maximum atomic E-state index is 12.8. The predicted molar refractivity (Wildman–Crippen MR) is 168 cm³/mol. The van der Waals surface area contributed by atoms with Gasteiger partial charge in [-0.1, -0.05) is 35.9 Å². The Kier molecular flexibility index (Phi) is 7.78. The number of nitriles is 1. The molecule has 1 amide bonds. The van der Waals surface area contributed by atoms with E-state index in [1.165, 1.54) is 0 Å². The highest BCUT2D eigenvalue weighted by Crippen LogP contribution is 2.44. The number of aliphatic hydroxyl groups excluding tert-OH is 1. The first-order valence-electron chi connectivity index (χ1n) is 15.1. The maximum absolute atomic E-state index is 12.8. The Morgan fingerprint density at radius 2 is 1.93 bits per heavy atom. The van der Waals surface area contributed by atoms with Crippen molar-refractivity contribution in [3.63, 3.8) is 0 Å². The van der Waals surface area contributed by atoms with E-state index in [0.29, 0.717) is 77.7 Å². The Bertz CT molecular complexity index is 1950. The summed E-state index contributed by atoms with van der Waals surface area (Å²) in [6.07, 6.45) is 3.26. The summed E-state index contributed by atoms with van der Waals surface area (Å²) in [5.41, 5.74) is 5.60. The summed E-state index contributed by atoms with van der Waals surface area (Å²) >= 11 is 6.91. The number of sulfonamides is 1. The standard InChI is InChI=1S/C33H31ClN4O6S/c34-30-23(19-4-6-21(7-5-19)43-15-14-39)2-1-3-25(30)33-36-28-16-26-24(27(17-35)31(28)44-33)10-11-29(26)38-13-12-20(18-38)32(40)37-45(41,42)22-8-9-22/h1-7,16,20,22,29,39H,8-15,18H2,(H,37,40)/t20-,29-/m1/s1. The van der Waals surface area contributed by atoms with E-state index >= 15 is 0 Å². The fourth-order valence-corrected chi connectivity index (χ4v) is 8.21. The van der Waals surface area contributed by atoms with E-state index in [9.17, 15) is 18.5 Å². The molecule has 0 unspecified atom stereocenters. The van der Waals surface area contributed by atoms with E-state index in [-0.39, 0.29) is 19.3 Å². The number of aromatic nitrogens is 1. The van der Waals surface area contributed by atoms with Crippen LogP contribution in [0.4, 0.5) is 0 Å². The van der Waals surface area contributed by atoms with Crippen molar-refractivity contribution in [2.24, 2.45) is 5.92 Å². The first-order valence-corrected chi connectivity index (χ1v) is 17.0. The number of benzene rings is 3. The van der Waals surface area contributed by atoms with E-state index in [0.717, 1.165) is 28.7 Å². The van der Waals surface area contributed by atoms with E-state index in [1.807, 2.05) is 48.5 Å². The molecule has 3 aromatic carbocycles. The summed E-state index contributed by atoms with van der Waals surface area (Å²) in [7, 11) is -3.58. The number of nitrogens with one attached hydrogen (secondary N) is 1. The molecule has 2 aliphatic carbocycles. The maximum Gasteiger partial charge on any atom is 0.237 e. The normalized spacial score (nSPS) is 19.8. The Morgan fingerprint density at radius 1 is 1.16 bits per heavy atom. The minimum atomic E-state index is -3.58. The molecule has 2 atom stereocenters. The van der Waals surface area contributed by atoms with E-state index in [1.54, 1.807) is 0 Å². The van der Waals surface area contributed by atoms with Gasteiger partial charge in [-0.2, -0.15) is 5.26 Å². The predicted octanol–water partition coefficient (Wildman–Crippen LogP) is 4.98. The summed E-state index contributed by atoms with van der Waals surface area (Å²) in [6, 6.07) is 17.3. The van der Waals surface area contributed by atoms with Crippen molar-refractivity contribution in [1.82, 2.24) is 14.6 Å². The van der Waals surface area contributed by atoms with Crippen LogP contribution < -0.4 is 9.46 Å². The van der Waals surface area contributed by atoms with Gasteiger partial charge in [-0.3, -0.25) is 14.4 Å². The van der Waals surface area contributed by atoms with Crippen LogP contribution in [0.1, 0.15) is 48.4 Å². The Hall–Kier alpha value is -3.95. The van der Waals surface area contributed by atoms with Gasteiger partial charge in [-0.05, 0) is 79.6 Å². The molecule has 2 heterocycles. The van der Waals surface area contributed by atoms with Gasteiger partial charge in [-0.15, -0.1) is 0 Å². The lowest BCUT2D eigenvalue weighted by molar-refractivity contribution is -0.122. The molecule has 0 spiro atoms. The summed E-state index contributed by atoms with van der Waals surface area (Å²) in [4.78, 5) is 19.8. The van der Waals surface area contributed by atoms with Crippen molar-refractivity contribution in [2.75, 3.05) is 26.3 Å². The van der Waals surface area contributed by atoms with Gasteiger partial charge in [0.25, 0.3) is 0 Å². The molecule has 12 heteroatoms. The smallest absolute Gasteiger partial charge is 0.237 e. The third-order valence-electron chi connectivity index (χ3n) is 8.95. The number of halogens is 1. The molecule has 1 saturated heterocycles. The van der Waals surface area contributed by atoms with Gasteiger partial charge in [0.15, 0.2) is 5.58 Å². The molecule has 1 aromatic heterocycles. The van der Waals surface area contributed by atoms with Crippen molar-refractivity contribution in [2.45, 2.75) is 43.4 Å². The number of hydrogen-bond acceptors (Lipinski definition) is 9. The minimum absolute atomic E-state index is 0.00858. The average Bonchev–Trinajstić information content (AvgIpc) is 3.44. The third-order valence-corrected chi connectivity index (χ3v) is 11.2. The van der Waals surface area contributed by atoms with E-state index in [2.05, 4.69) is 15.7 Å². The highest BCUT2D eigenvalue weighted by Gasteiger charge is 2.41. The number of oxazole rings is 1. The molecule has 1 saturated carbocycles. The summed E-state index contributed by atoms with van der Waals surface area (Å²) in [6.45, 7) is 1.26. The first kappa shape index (κ1) is 29.7. The number of aliphatic hydroxyl groups is 1. The topological polar surface area (TPSA) is 146 Å². The highest BCUT2D eigenvalue weighted by atomic mass is 35.5. The second kappa shape index (κ2) is 11.8. The van der Waals surface area contributed by atoms with E-state index < -0.39 is 27.1 Å². The number of rotatable bonds is 9. The largest absolute Gasteiger partial charge is 0.491 e. The van der Waals surface area contributed by atoms with Crippen LogP contribution in [0.25, 0.3) is 33.7 Å². The summed E-state index contributed by atoms with van der Waals surface area (Å²) < 4.78 is 38.6. The van der Waals surface area contributed by atoms with Crippen LogP contribution in [-0.2, 0) is 21.2 Å². The molecular weight excluding hydrogens is 616 g/mol. The second-order valence-corrected chi connectivity index (χ2v) is 14.1. The lowest BCUT2D eigenvalue weighted by Gasteiger charge is -2.24. The van der Waals surface area contributed by atoms with Crippen LogP contribution in [0.3, 0.4) is 0 Å². The average molecular weight is 647 g/mol. The van der Waals surface area contributed by atoms with Gasteiger partial charge in [0, 0.05) is 18.2 Å². The SMILES string of the molecule is N#Cc1c2c(cc3nc(-c4cccc(-c5ccc(OCCO)cc5)c4Cl)oc13)[C@H](N1CC[C@@H](C(=O)NS(=O)(=O)C3CC3)C1)CC2. The molecule has 0 bridgehead atoms. The van der Waals surface area contributed by atoms with Crippen molar-refractivity contribution >= 4 is 38.6 Å². The Balaban J connectivity index is 1.16. The molecule has 45 heavy (non-hydrogen) atoms.